The van der Waals surface area contributed by atoms with Gasteiger partial charge in [0.15, 0.2) is 0 Å². The zero-order valence-corrected chi connectivity index (χ0v) is 9.71. The van der Waals surface area contributed by atoms with Gasteiger partial charge >= 0.3 is 5.97 Å². The second-order valence-corrected chi connectivity index (χ2v) is 3.51. The molecule has 0 spiro atoms. The molecule has 0 radical (unpaired) electrons. The summed E-state index contributed by atoms with van der Waals surface area (Å²) in [6.45, 7) is 1.85. The zero-order valence-electron chi connectivity index (χ0n) is 9.71. The van der Waals surface area contributed by atoms with Gasteiger partial charge in [-0.05, 0) is 31.2 Å². The Hall–Kier alpha value is -1.42. The topological polar surface area (TPSA) is 38.3 Å². The lowest BCUT2D eigenvalue weighted by Gasteiger charge is -2.29. The van der Waals surface area contributed by atoms with E-state index in [4.69, 9.17) is 4.74 Å². The summed E-state index contributed by atoms with van der Waals surface area (Å²) in [4.78, 5) is 11.8. The molecular formula is C12H16FNO2. The van der Waals surface area contributed by atoms with Gasteiger partial charge in [0, 0.05) is 0 Å². The number of methoxy groups -OCH3 is 1. The van der Waals surface area contributed by atoms with Crippen molar-refractivity contribution in [2.24, 2.45) is 0 Å². The van der Waals surface area contributed by atoms with Crippen LogP contribution in [0.1, 0.15) is 18.9 Å². The smallest absolute Gasteiger partial charge is 0.330 e. The first-order valence-electron chi connectivity index (χ1n) is 5.14. The number of nitrogens with one attached hydrogen (secondary N) is 1. The van der Waals surface area contributed by atoms with E-state index in [0.29, 0.717) is 12.0 Å². The molecule has 0 aliphatic heterocycles. The first-order chi connectivity index (χ1) is 7.60. The molecule has 1 unspecified atom stereocenters. The molecule has 0 bridgehead atoms. The first-order valence-corrected chi connectivity index (χ1v) is 5.14. The van der Waals surface area contributed by atoms with Gasteiger partial charge in [-0.2, -0.15) is 0 Å². The van der Waals surface area contributed by atoms with Gasteiger partial charge < -0.3 is 10.1 Å². The SMILES string of the molecule is CCC(NC)(C(=O)OC)c1cccc(F)c1. The van der Waals surface area contributed by atoms with E-state index < -0.39 is 11.5 Å². The van der Waals surface area contributed by atoms with Crippen molar-refractivity contribution in [1.29, 1.82) is 0 Å². The highest BCUT2D eigenvalue weighted by molar-refractivity contribution is 5.82. The Bertz CT molecular complexity index is 375. The highest BCUT2D eigenvalue weighted by atomic mass is 19.1. The number of hydrogen-bond donors (Lipinski definition) is 1. The lowest BCUT2D eigenvalue weighted by atomic mass is 9.87. The maximum atomic E-state index is 13.2. The summed E-state index contributed by atoms with van der Waals surface area (Å²) in [6, 6.07) is 5.98. The van der Waals surface area contributed by atoms with E-state index in [1.165, 1.54) is 19.2 Å². The molecule has 0 aliphatic rings. The van der Waals surface area contributed by atoms with Gasteiger partial charge in [0.05, 0.1) is 7.11 Å². The molecule has 0 aromatic heterocycles. The highest BCUT2D eigenvalue weighted by Crippen LogP contribution is 2.26. The normalized spacial score (nSPS) is 14.2. The molecule has 3 nitrogen and oxygen atoms in total. The van der Waals surface area contributed by atoms with Crippen molar-refractivity contribution < 1.29 is 13.9 Å². The minimum absolute atomic E-state index is 0.366. The van der Waals surface area contributed by atoms with E-state index in [-0.39, 0.29) is 5.82 Å². The number of hydrogen-bond acceptors (Lipinski definition) is 3. The number of halogens is 1. The van der Waals surface area contributed by atoms with Gasteiger partial charge in [0.1, 0.15) is 11.4 Å². The molecule has 4 heteroatoms. The predicted molar refractivity (Wildman–Crippen MR) is 59.4 cm³/mol. The summed E-state index contributed by atoms with van der Waals surface area (Å²) in [5.41, 5.74) is -0.402. The Morgan fingerprint density at radius 2 is 2.25 bits per heavy atom. The molecule has 1 aromatic carbocycles. The summed E-state index contributed by atoms with van der Waals surface area (Å²) in [6.07, 6.45) is 0.486. The number of rotatable bonds is 4. The minimum atomic E-state index is -0.975. The standard InChI is InChI=1S/C12H16FNO2/c1-4-12(14-2,11(15)16-3)9-6-5-7-10(13)8-9/h5-8,14H,4H2,1-3H3. The molecule has 1 N–H and O–H groups in total. The molecule has 1 aromatic rings. The van der Waals surface area contributed by atoms with Gasteiger partial charge in [0.25, 0.3) is 0 Å². The summed E-state index contributed by atoms with van der Waals surface area (Å²) in [5.74, 6) is -0.780. The Morgan fingerprint density at radius 1 is 1.56 bits per heavy atom. The molecule has 1 rings (SSSR count). The molecule has 0 saturated heterocycles. The van der Waals surface area contributed by atoms with Crippen LogP contribution in [0.3, 0.4) is 0 Å². The maximum Gasteiger partial charge on any atom is 0.330 e. The van der Waals surface area contributed by atoms with E-state index in [9.17, 15) is 9.18 Å². The van der Waals surface area contributed by atoms with Gasteiger partial charge in [0.2, 0.25) is 0 Å². The predicted octanol–water partition coefficient (Wildman–Crippen LogP) is 1.82. The third kappa shape index (κ3) is 2.07. The molecule has 0 saturated carbocycles. The van der Waals surface area contributed by atoms with Crippen LogP contribution in [0.4, 0.5) is 4.39 Å². The van der Waals surface area contributed by atoms with Crippen molar-refractivity contribution in [3.05, 3.63) is 35.6 Å². The number of carbonyl (C=O) groups excluding carboxylic acids is 1. The Morgan fingerprint density at radius 3 is 2.69 bits per heavy atom. The van der Waals surface area contributed by atoms with Crippen LogP contribution in [0.25, 0.3) is 0 Å². The Balaban J connectivity index is 3.25. The molecule has 88 valence electrons. The maximum absolute atomic E-state index is 13.2. The van der Waals surface area contributed by atoms with Crippen LogP contribution in [-0.4, -0.2) is 20.1 Å². The van der Waals surface area contributed by atoms with Gasteiger partial charge in [-0.15, -0.1) is 0 Å². The number of benzene rings is 1. The Kier molecular flexibility index (Phi) is 4.01. The van der Waals surface area contributed by atoms with Gasteiger partial charge in [-0.25, -0.2) is 9.18 Å². The molecule has 1 atom stereocenters. The Labute approximate surface area is 94.6 Å². The molecule has 0 heterocycles. The quantitative estimate of drug-likeness (QED) is 0.794. The molecule has 0 amide bonds. The second-order valence-electron chi connectivity index (χ2n) is 3.51. The first kappa shape index (κ1) is 12.6. The van der Waals surface area contributed by atoms with Crippen molar-refractivity contribution in [2.75, 3.05) is 14.2 Å². The number of ether oxygens (including phenoxy) is 1. The molecule has 0 fully saturated rings. The van der Waals surface area contributed by atoms with Gasteiger partial charge in [-0.1, -0.05) is 19.1 Å². The lowest BCUT2D eigenvalue weighted by Crippen LogP contribution is -2.47. The fraction of sp³-hybridized carbons (Fsp3) is 0.417. The summed E-state index contributed by atoms with van der Waals surface area (Å²) in [5, 5.41) is 2.92. The highest BCUT2D eigenvalue weighted by Gasteiger charge is 2.38. The van der Waals surface area contributed by atoms with E-state index in [2.05, 4.69) is 5.32 Å². The van der Waals surface area contributed by atoms with Crippen LogP contribution in [0, 0.1) is 5.82 Å². The number of likely N-dealkylation sites (N-methyl/N-ethyl adjacent to an activating group) is 1. The second kappa shape index (κ2) is 5.07. The van der Waals surface area contributed by atoms with Gasteiger partial charge in [-0.3, -0.25) is 0 Å². The fourth-order valence-electron chi connectivity index (χ4n) is 1.82. The molecule has 16 heavy (non-hydrogen) atoms. The van der Waals surface area contributed by atoms with Crippen LogP contribution in [-0.2, 0) is 15.1 Å². The van der Waals surface area contributed by atoms with Crippen LogP contribution < -0.4 is 5.32 Å². The molecular weight excluding hydrogens is 209 g/mol. The van der Waals surface area contributed by atoms with Crippen LogP contribution in [0.5, 0.6) is 0 Å². The van der Waals surface area contributed by atoms with E-state index in [1.54, 1.807) is 19.2 Å². The van der Waals surface area contributed by atoms with E-state index in [1.807, 2.05) is 6.92 Å². The van der Waals surface area contributed by atoms with Crippen molar-refractivity contribution in [1.82, 2.24) is 5.32 Å². The van der Waals surface area contributed by atoms with Crippen LogP contribution in [0.15, 0.2) is 24.3 Å². The third-order valence-corrected chi connectivity index (χ3v) is 2.81. The summed E-state index contributed by atoms with van der Waals surface area (Å²) in [7, 11) is 2.98. The van der Waals surface area contributed by atoms with Crippen LogP contribution in [0.2, 0.25) is 0 Å². The van der Waals surface area contributed by atoms with E-state index >= 15 is 0 Å². The monoisotopic (exact) mass is 225 g/mol. The number of esters is 1. The average Bonchev–Trinajstić information content (AvgIpc) is 2.31. The lowest BCUT2D eigenvalue weighted by molar-refractivity contribution is -0.149. The summed E-state index contributed by atoms with van der Waals surface area (Å²) < 4.78 is 17.9. The average molecular weight is 225 g/mol. The van der Waals surface area contributed by atoms with Crippen LogP contribution >= 0.6 is 0 Å². The van der Waals surface area contributed by atoms with Crippen molar-refractivity contribution >= 4 is 5.97 Å². The van der Waals surface area contributed by atoms with Crippen molar-refractivity contribution in [3.8, 4) is 0 Å². The minimum Gasteiger partial charge on any atom is -0.467 e. The summed E-state index contributed by atoms with van der Waals surface area (Å²) >= 11 is 0. The number of carbonyl (C=O) groups is 1. The zero-order chi connectivity index (χ0) is 12.2. The van der Waals surface area contributed by atoms with Crippen molar-refractivity contribution in [3.63, 3.8) is 0 Å². The fourth-order valence-corrected chi connectivity index (χ4v) is 1.82. The largest absolute Gasteiger partial charge is 0.467 e. The van der Waals surface area contributed by atoms with Crippen molar-refractivity contribution in [2.45, 2.75) is 18.9 Å². The van der Waals surface area contributed by atoms with E-state index in [0.717, 1.165) is 0 Å². The third-order valence-electron chi connectivity index (χ3n) is 2.81. The molecule has 0 aliphatic carbocycles.